The molecule has 1 N–H and O–H groups in total. The first-order valence-corrected chi connectivity index (χ1v) is 13.2. The first kappa shape index (κ1) is 24.2. The molecule has 0 fully saturated rings. The number of amides is 1. The average molecular weight is 485 g/mol. The molecule has 6 heteroatoms. The molecule has 1 amide bonds. The highest BCUT2D eigenvalue weighted by molar-refractivity contribution is 7.92. The molecule has 1 unspecified atom stereocenters. The number of nitrogens with zero attached hydrogens (tertiary/aromatic N) is 1. The fourth-order valence-corrected chi connectivity index (χ4v) is 4.92. The highest BCUT2D eigenvalue weighted by Crippen LogP contribution is 2.26. The largest absolute Gasteiger partial charge is 0.341 e. The number of hydrogen-bond donors (Lipinski definition) is 1. The van der Waals surface area contributed by atoms with E-state index in [1.165, 1.54) is 10.6 Å². The maximum absolute atomic E-state index is 13.2. The van der Waals surface area contributed by atoms with Crippen molar-refractivity contribution in [2.45, 2.75) is 19.5 Å². The Hall–Kier alpha value is -3.90. The third-order valence-electron chi connectivity index (χ3n) is 5.89. The third-order valence-corrected chi connectivity index (χ3v) is 7.04. The van der Waals surface area contributed by atoms with Gasteiger partial charge in [-0.25, -0.2) is 8.42 Å². The van der Waals surface area contributed by atoms with Crippen molar-refractivity contribution in [3.05, 3.63) is 137 Å². The number of carbonyl (C=O) groups excluding carboxylic acids is 1. The molecule has 0 bridgehead atoms. The number of sulfonamides is 1. The standard InChI is InChI=1S/C29H28N2O3S/c1-22-11-9-10-16-27(22)28(24-12-5-3-6-13-24)30-29(32)25-19-17-23(18-20-25)21-31(35(2,33)34)26-14-7-4-8-15-26/h3-20,28H,21H2,1-2H3,(H,30,32). The van der Waals surface area contributed by atoms with Crippen LogP contribution >= 0.6 is 0 Å². The normalized spacial score (nSPS) is 12.1. The van der Waals surface area contributed by atoms with Crippen LogP contribution in [0.15, 0.2) is 109 Å². The summed E-state index contributed by atoms with van der Waals surface area (Å²) < 4.78 is 26.1. The summed E-state index contributed by atoms with van der Waals surface area (Å²) in [4.78, 5) is 13.2. The molecule has 4 aromatic carbocycles. The van der Waals surface area contributed by atoms with Crippen LogP contribution in [0.3, 0.4) is 0 Å². The molecule has 0 aliphatic rings. The number of benzene rings is 4. The predicted octanol–water partition coefficient (Wildman–Crippen LogP) is 5.48. The topological polar surface area (TPSA) is 66.5 Å². The molecule has 1 atom stereocenters. The van der Waals surface area contributed by atoms with Gasteiger partial charge in [0.2, 0.25) is 10.0 Å². The molecule has 4 rings (SSSR count). The van der Waals surface area contributed by atoms with Crippen LogP contribution in [0.2, 0.25) is 0 Å². The number of para-hydroxylation sites is 1. The van der Waals surface area contributed by atoms with Crippen molar-refractivity contribution in [3.8, 4) is 0 Å². The number of rotatable bonds is 8. The zero-order chi connectivity index (χ0) is 24.8. The SMILES string of the molecule is Cc1ccccc1C(NC(=O)c1ccc(CN(c2ccccc2)S(C)(=O)=O)cc1)c1ccccc1. The van der Waals surface area contributed by atoms with Crippen molar-refractivity contribution in [1.82, 2.24) is 5.32 Å². The lowest BCUT2D eigenvalue weighted by Crippen LogP contribution is -2.30. The minimum Gasteiger partial charge on any atom is -0.341 e. The van der Waals surface area contributed by atoms with Crippen molar-refractivity contribution < 1.29 is 13.2 Å². The number of nitrogens with one attached hydrogen (secondary N) is 1. The molecule has 35 heavy (non-hydrogen) atoms. The maximum atomic E-state index is 13.2. The molecule has 0 aromatic heterocycles. The summed E-state index contributed by atoms with van der Waals surface area (Å²) in [7, 11) is -3.47. The Kier molecular flexibility index (Phi) is 7.32. The van der Waals surface area contributed by atoms with Gasteiger partial charge in [0.15, 0.2) is 0 Å². The molecular formula is C29H28N2O3S. The Morgan fingerprint density at radius 2 is 1.37 bits per heavy atom. The molecule has 0 heterocycles. The van der Waals surface area contributed by atoms with Gasteiger partial charge in [-0.3, -0.25) is 9.10 Å². The summed E-state index contributed by atoms with van der Waals surface area (Å²) in [5, 5.41) is 3.17. The lowest BCUT2D eigenvalue weighted by molar-refractivity contribution is 0.0943. The van der Waals surface area contributed by atoms with Crippen LogP contribution in [0.5, 0.6) is 0 Å². The van der Waals surface area contributed by atoms with E-state index in [1.807, 2.05) is 67.6 Å². The summed E-state index contributed by atoms with van der Waals surface area (Å²) in [5.41, 5.74) is 5.02. The minimum atomic E-state index is -3.47. The van der Waals surface area contributed by atoms with E-state index in [-0.39, 0.29) is 18.5 Å². The lowest BCUT2D eigenvalue weighted by Gasteiger charge is -2.23. The van der Waals surface area contributed by atoms with E-state index in [1.54, 1.807) is 48.5 Å². The summed E-state index contributed by atoms with van der Waals surface area (Å²) in [6, 6.07) is 33.6. The van der Waals surface area contributed by atoms with Crippen LogP contribution in [-0.4, -0.2) is 20.6 Å². The second-order valence-electron chi connectivity index (χ2n) is 8.48. The van der Waals surface area contributed by atoms with E-state index in [4.69, 9.17) is 0 Å². The summed E-state index contributed by atoms with van der Waals surface area (Å²) in [6.45, 7) is 2.22. The fraction of sp³-hybridized carbons (Fsp3) is 0.138. The Labute approximate surface area is 207 Å². The van der Waals surface area contributed by atoms with E-state index in [0.717, 1.165) is 22.3 Å². The summed E-state index contributed by atoms with van der Waals surface area (Å²) in [6.07, 6.45) is 1.19. The Morgan fingerprint density at radius 3 is 1.97 bits per heavy atom. The Balaban J connectivity index is 1.55. The van der Waals surface area contributed by atoms with Crippen molar-refractivity contribution in [3.63, 3.8) is 0 Å². The van der Waals surface area contributed by atoms with Gasteiger partial charge in [-0.1, -0.05) is 84.9 Å². The van der Waals surface area contributed by atoms with Crippen LogP contribution in [-0.2, 0) is 16.6 Å². The summed E-state index contributed by atoms with van der Waals surface area (Å²) in [5.74, 6) is -0.198. The molecule has 4 aromatic rings. The number of anilines is 1. The second kappa shape index (κ2) is 10.6. The fourth-order valence-electron chi connectivity index (χ4n) is 4.03. The first-order valence-electron chi connectivity index (χ1n) is 11.4. The van der Waals surface area contributed by atoms with Gasteiger partial charge in [0, 0.05) is 5.56 Å². The predicted molar refractivity (Wildman–Crippen MR) is 141 cm³/mol. The average Bonchev–Trinajstić information content (AvgIpc) is 2.87. The molecular weight excluding hydrogens is 456 g/mol. The van der Waals surface area contributed by atoms with Crippen molar-refractivity contribution >= 4 is 21.6 Å². The van der Waals surface area contributed by atoms with Gasteiger partial charge in [-0.15, -0.1) is 0 Å². The van der Waals surface area contributed by atoms with Crippen molar-refractivity contribution in [1.29, 1.82) is 0 Å². The first-order chi connectivity index (χ1) is 16.8. The molecule has 0 aliphatic carbocycles. The van der Waals surface area contributed by atoms with E-state index in [9.17, 15) is 13.2 Å². The quantitative estimate of drug-likeness (QED) is 0.360. The van der Waals surface area contributed by atoms with Crippen LogP contribution in [0.1, 0.15) is 38.7 Å². The van der Waals surface area contributed by atoms with Gasteiger partial charge in [0.1, 0.15) is 0 Å². The number of aryl methyl sites for hydroxylation is 1. The molecule has 0 spiro atoms. The van der Waals surface area contributed by atoms with Gasteiger partial charge in [-0.05, 0) is 53.4 Å². The zero-order valence-corrected chi connectivity index (χ0v) is 20.6. The molecule has 5 nitrogen and oxygen atoms in total. The Morgan fingerprint density at radius 1 is 0.800 bits per heavy atom. The monoisotopic (exact) mass is 484 g/mol. The molecule has 0 radical (unpaired) electrons. The van der Waals surface area contributed by atoms with Gasteiger partial charge in [0.05, 0.1) is 24.5 Å². The van der Waals surface area contributed by atoms with E-state index >= 15 is 0 Å². The highest BCUT2D eigenvalue weighted by atomic mass is 32.2. The summed E-state index contributed by atoms with van der Waals surface area (Å²) >= 11 is 0. The van der Waals surface area contributed by atoms with E-state index < -0.39 is 10.0 Å². The highest BCUT2D eigenvalue weighted by Gasteiger charge is 2.20. The van der Waals surface area contributed by atoms with E-state index in [2.05, 4.69) is 5.32 Å². The lowest BCUT2D eigenvalue weighted by atomic mass is 9.94. The van der Waals surface area contributed by atoms with Crippen molar-refractivity contribution in [2.24, 2.45) is 0 Å². The number of carbonyl (C=O) groups is 1. The molecule has 0 aliphatic heterocycles. The van der Waals surface area contributed by atoms with Gasteiger partial charge in [-0.2, -0.15) is 0 Å². The van der Waals surface area contributed by atoms with Gasteiger partial charge in [0.25, 0.3) is 5.91 Å². The van der Waals surface area contributed by atoms with Crippen LogP contribution in [0, 0.1) is 6.92 Å². The molecule has 178 valence electrons. The third kappa shape index (κ3) is 5.97. The maximum Gasteiger partial charge on any atom is 0.252 e. The Bertz CT molecular complexity index is 1390. The number of hydrogen-bond acceptors (Lipinski definition) is 3. The minimum absolute atomic E-state index is 0.181. The van der Waals surface area contributed by atoms with Gasteiger partial charge < -0.3 is 5.32 Å². The van der Waals surface area contributed by atoms with Gasteiger partial charge >= 0.3 is 0 Å². The molecule has 0 saturated carbocycles. The molecule has 0 saturated heterocycles. The smallest absolute Gasteiger partial charge is 0.252 e. The van der Waals surface area contributed by atoms with Crippen LogP contribution in [0.25, 0.3) is 0 Å². The van der Waals surface area contributed by atoms with Crippen molar-refractivity contribution in [2.75, 3.05) is 10.6 Å². The second-order valence-corrected chi connectivity index (χ2v) is 10.4. The van der Waals surface area contributed by atoms with E-state index in [0.29, 0.717) is 11.3 Å². The van der Waals surface area contributed by atoms with Crippen LogP contribution < -0.4 is 9.62 Å². The van der Waals surface area contributed by atoms with Crippen LogP contribution in [0.4, 0.5) is 5.69 Å². The zero-order valence-electron chi connectivity index (χ0n) is 19.8.